The van der Waals surface area contributed by atoms with Crippen molar-refractivity contribution in [3.8, 4) is 5.75 Å². The van der Waals surface area contributed by atoms with Gasteiger partial charge in [0.25, 0.3) is 5.91 Å². The van der Waals surface area contributed by atoms with Gasteiger partial charge >= 0.3 is 0 Å². The molecule has 0 atom stereocenters. The average molecular weight is 360 g/mol. The van der Waals surface area contributed by atoms with Crippen molar-refractivity contribution in [1.29, 1.82) is 0 Å². The molecule has 1 aliphatic rings. The van der Waals surface area contributed by atoms with E-state index in [1.165, 1.54) is 10.8 Å². The van der Waals surface area contributed by atoms with Crippen molar-refractivity contribution in [1.82, 2.24) is 5.32 Å². The molecule has 138 valence electrons. The summed E-state index contributed by atoms with van der Waals surface area (Å²) in [5.74, 6) is 0.740. The summed E-state index contributed by atoms with van der Waals surface area (Å²) in [6.45, 7) is 5.41. The summed E-state index contributed by atoms with van der Waals surface area (Å²) < 4.78 is 6.02. The summed E-state index contributed by atoms with van der Waals surface area (Å²) in [5, 5.41) is 5.40. The molecule has 4 nitrogen and oxygen atoms in total. The number of nitrogens with one attached hydrogen (secondary N) is 1. The van der Waals surface area contributed by atoms with Gasteiger partial charge in [0.2, 0.25) is 0 Å². The van der Waals surface area contributed by atoms with Crippen molar-refractivity contribution in [3.63, 3.8) is 0 Å². The smallest absolute Gasteiger partial charge is 0.251 e. The fourth-order valence-corrected chi connectivity index (χ4v) is 3.66. The number of ether oxygens (including phenoxy) is 1. The van der Waals surface area contributed by atoms with Crippen LogP contribution in [0.2, 0.25) is 0 Å². The van der Waals surface area contributed by atoms with Crippen molar-refractivity contribution in [2.45, 2.75) is 26.0 Å². The maximum Gasteiger partial charge on any atom is 0.251 e. The molecule has 1 aliphatic heterocycles. The van der Waals surface area contributed by atoms with E-state index >= 15 is 0 Å². The normalized spacial score (nSPS) is 15.1. The highest BCUT2D eigenvalue weighted by Gasteiger charge is 2.30. The minimum Gasteiger partial charge on any atom is -0.484 e. The van der Waals surface area contributed by atoms with Crippen LogP contribution in [0.4, 0.5) is 5.69 Å². The highest BCUT2D eigenvalue weighted by molar-refractivity contribution is 5.95. The second-order valence-electron chi connectivity index (χ2n) is 7.76. The van der Waals surface area contributed by atoms with Crippen LogP contribution in [0.1, 0.15) is 29.8 Å². The molecule has 1 amide bonds. The van der Waals surface area contributed by atoms with E-state index in [2.05, 4.69) is 54.4 Å². The van der Waals surface area contributed by atoms with Gasteiger partial charge in [-0.15, -0.1) is 0 Å². The second-order valence-corrected chi connectivity index (χ2v) is 7.76. The zero-order valence-electron chi connectivity index (χ0n) is 16.0. The lowest BCUT2D eigenvalue weighted by Gasteiger charge is -2.39. The van der Waals surface area contributed by atoms with Crippen molar-refractivity contribution >= 4 is 22.4 Å². The molecule has 0 fully saturated rings. The van der Waals surface area contributed by atoms with E-state index in [1.54, 1.807) is 0 Å². The number of hydrogen-bond acceptors (Lipinski definition) is 3. The van der Waals surface area contributed by atoms with Crippen molar-refractivity contribution in [3.05, 3.63) is 71.8 Å². The second kappa shape index (κ2) is 6.62. The number of likely N-dealkylation sites (N-methyl/N-ethyl adjacent to an activating group) is 1. The fraction of sp³-hybridized carbons (Fsp3) is 0.261. The van der Waals surface area contributed by atoms with Crippen LogP contribution in [0.25, 0.3) is 10.8 Å². The number of rotatable bonds is 3. The van der Waals surface area contributed by atoms with E-state index in [1.807, 2.05) is 37.4 Å². The van der Waals surface area contributed by atoms with E-state index < -0.39 is 0 Å². The maximum absolute atomic E-state index is 12.6. The minimum absolute atomic E-state index is 0.0795. The van der Waals surface area contributed by atoms with Crippen molar-refractivity contribution in [2.75, 3.05) is 18.5 Å². The molecule has 4 heteroatoms. The average Bonchev–Trinajstić information content (AvgIpc) is 2.65. The van der Waals surface area contributed by atoms with Gasteiger partial charge in [-0.05, 0) is 54.4 Å². The quantitative estimate of drug-likeness (QED) is 0.754. The SMILES string of the molecule is CN1CC(C)(C)Oc2ccc(C(=O)NCc3ccc4ccccc4c3)cc21. The number of carbonyl (C=O) groups is 1. The van der Waals surface area contributed by atoms with E-state index in [9.17, 15) is 4.79 Å². The van der Waals surface area contributed by atoms with Crippen molar-refractivity contribution in [2.24, 2.45) is 0 Å². The Labute approximate surface area is 159 Å². The number of carbonyl (C=O) groups excluding carboxylic acids is 1. The summed E-state index contributed by atoms with van der Waals surface area (Å²) in [6.07, 6.45) is 0. The predicted molar refractivity (Wildman–Crippen MR) is 110 cm³/mol. The summed E-state index contributed by atoms with van der Waals surface area (Å²) in [5.41, 5.74) is 2.45. The molecule has 4 rings (SSSR count). The Hall–Kier alpha value is -3.01. The summed E-state index contributed by atoms with van der Waals surface area (Å²) in [6, 6.07) is 20.1. The van der Waals surface area contributed by atoms with Gasteiger partial charge in [-0.25, -0.2) is 0 Å². The monoisotopic (exact) mass is 360 g/mol. The molecular weight excluding hydrogens is 336 g/mol. The molecule has 0 aliphatic carbocycles. The molecule has 1 heterocycles. The first-order chi connectivity index (χ1) is 12.9. The molecule has 0 bridgehead atoms. The first-order valence-electron chi connectivity index (χ1n) is 9.21. The number of amides is 1. The third-order valence-corrected chi connectivity index (χ3v) is 4.90. The molecule has 3 aromatic carbocycles. The molecule has 0 spiro atoms. The summed E-state index contributed by atoms with van der Waals surface area (Å²) >= 11 is 0. The van der Waals surface area contributed by atoms with Crippen LogP contribution in [0.5, 0.6) is 5.75 Å². The first kappa shape index (κ1) is 17.4. The highest BCUT2D eigenvalue weighted by Crippen LogP contribution is 2.36. The van der Waals surface area contributed by atoms with Crippen LogP contribution in [0, 0.1) is 0 Å². The van der Waals surface area contributed by atoms with E-state index in [0.29, 0.717) is 12.1 Å². The van der Waals surface area contributed by atoms with Gasteiger partial charge in [-0.3, -0.25) is 4.79 Å². The van der Waals surface area contributed by atoms with Gasteiger partial charge in [0, 0.05) is 19.2 Å². The molecule has 3 aromatic rings. The molecule has 0 radical (unpaired) electrons. The number of fused-ring (bicyclic) bond motifs is 2. The third-order valence-electron chi connectivity index (χ3n) is 4.90. The number of nitrogens with zero attached hydrogens (tertiary/aromatic N) is 1. The van der Waals surface area contributed by atoms with Gasteiger partial charge in [0.05, 0.1) is 12.2 Å². The molecule has 0 aromatic heterocycles. The van der Waals surface area contributed by atoms with Crippen LogP contribution >= 0.6 is 0 Å². The summed E-state index contributed by atoms with van der Waals surface area (Å²) in [4.78, 5) is 14.8. The fourth-order valence-electron chi connectivity index (χ4n) is 3.66. The molecule has 0 saturated carbocycles. The third kappa shape index (κ3) is 3.61. The molecule has 0 unspecified atom stereocenters. The lowest BCUT2D eigenvalue weighted by Crippen LogP contribution is -2.45. The Morgan fingerprint density at radius 3 is 2.67 bits per heavy atom. The predicted octanol–water partition coefficient (Wildman–Crippen LogP) is 4.38. The zero-order valence-corrected chi connectivity index (χ0v) is 16.0. The van der Waals surface area contributed by atoms with Gasteiger partial charge in [0.1, 0.15) is 11.4 Å². The topological polar surface area (TPSA) is 41.6 Å². The summed E-state index contributed by atoms with van der Waals surface area (Å²) in [7, 11) is 2.03. The number of benzene rings is 3. The first-order valence-corrected chi connectivity index (χ1v) is 9.21. The largest absolute Gasteiger partial charge is 0.484 e. The van der Waals surface area contributed by atoms with E-state index in [0.717, 1.165) is 23.5 Å². The maximum atomic E-state index is 12.6. The standard InChI is InChI=1S/C23H24N2O2/c1-23(2)15-25(3)20-13-19(10-11-21(20)27-23)22(26)24-14-16-8-9-17-6-4-5-7-18(17)12-16/h4-13H,14-15H2,1-3H3,(H,24,26). The van der Waals surface area contributed by atoms with Gasteiger partial charge in [-0.2, -0.15) is 0 Å². The zero-order chi connectivity index (χ0) is 19.0. The molecule has 1 N–H and O–H groups in total. The Balaban J connectivity index is 1.49. The van der Waals surface area contributed by atoms with E-state index in [4.69, 9.17) is 4.74 Å². The van der Waals surface area contributed by atoms with Crippen LogP contribution in [-0.2, 0) is 6.54 Å². The number of anilines is 1. The Morgan fingerprint density at radius 1 is 1.07 bits per heavy atom. The number of hydrogen-bond donors (Lipinski definition) is 1. The van der Waals surface area contributed by atoms with Gasteiger partial charge < -0.3 is 15.0 Å². The minimum atomic E-state index is -0.235. The molecule has 0 saturated heterocycles. The van der Waals surface area contributed by atoms with Crippen molar-refractivity contribution < 1.29 is 9.53 Å². The van der Waals surface area contributed by atoms with Gasteiger partial charge in [-0.1, -0.05) is 36.4 Å². The van der Waals surface area contributed by atoms with E-state index in [-0.39, 0.29) is 11.5 Å². The van der Waals surface area contributed by atoms with Gasteiger partial charge in [0.15, 0.2) is 0 Å². The van der Waals surface area contributed by atoms with Crippen LogP contribution in [0.15, 0.2) is 60.7 Å². The Bertz CT molecular complexity index is 1010. The Kier molecular flexibility index (Phi) is 4.27. The van der Waals surface area contributed by atoms with Crippen LogP contribution in [-0.4, -0.2) is 25.1 Å². The Morgan fingerprint density at radius 2 is 1.85 bits per heavy atom. The highest BCUT2D eigenvalue weighted by atomic mass is 16.5. The van der Waals surface area contributed by atoms with Crippen LogP contribution in [0.3, 0.4) is 0 Å². The molecular formula is C23H24N2O2. The van der Waals surface area contributed by atoms with Crippen LogP contribution < -0.4 is 15.0 Å². The molecule has 27 heavy (non-hydrogen) atoms. The lowest BCUT2D eigenvalue weighted by molar-refractivity contribution is 0.0950. The lowest BCUT2D eigenvalue weighted by atomic mass is 10.0.